The minimum absolute atomic E-state index is 0.0606. The van der Waals surface area contributed by atoms with Crippen LogP contribution in [0.1, 0.15) is 43.2 Å². The van der Waals surface area contributed by atoms with E-state index in [1.807, 2.05) is 24.3 Å². The quantitative estimate of drug-likeness (QED) is 0.866. The van der Waals surface area contributed by atoms with Gasteiger partial charge in [-0.15, -0.1) is 0 Å². The first-order valence-corrected chi connectivity index (χ1v) is 8.67. The van der Waals surface area contributed by atoms with Gasteiger partial charge < -0.3 is 16.2 Å². The Hall–Kier alpha value is -2.65. The molecule has 0 spiro atoms. The average molecular weight is 337 g/mol. The number of benzene rings is 1. The molecule has 1 aliphatic carbocycles. The highest BCUT2D eigenvalue weighted by Gasteiger charge is 2.15. The second-order valence-corrected chi connectivity index (χ2v) is 6.52. The number of nitriles is 1. The molecule has 0 radical (unpaired) electrons. The zero-order valence-corrected chi connectivity index (χ0v) is 14.2. The number of aromatic nitrogens is 2. The minimum Gasteiger partial charge on any atom is -0.382 e. The minimum atomic E-state index is 0.0606. The van der Waals surface area contributed by atoms with Crippen LogP contribution >= 0.6 is 0 Å². The molecule has 0 amide bonds. The number of rotatable bonds is 5. The fourth-order valence-electron chi connectivity index (χ4n) is 3.32. The van der Waals surface area contributed by atoms with Crippen LogP contribution in [-0.4, -0.2) is 16.6 Å². The van der Waals surface area contributed by atoms with Gasteiger partial charge in [0, 0.05) is 12.2 Å². The van der Waals surface area contributed by atoms with Gasteiger partial charge in [-0.05, 0) is 30.4 Å². The standard InChI is InChI=1S/C19H23N5O/c20-10-16-17(23-19(22)24-18(16)21)15-8-4-7-14(9-15)12-25-11-13-5-2-1-3-6-13/h4,7-9,13H,1-3,5-6,11-12H2,(H4,21,22,23,24). The zero-order chi connectivity index (χ0) is 17.6. The first-order valence-electron chi connectivity index (χ1n) is 8.67. The maximum atomic E-state index is 9.33. The zero-order valence-electron chi connectivity index (χ0n) is 14.2. The van der Waals surface area contributed by atoms with Gasteiger partial charge in [-0.2, -0.15) is 10.2 Å². The Labute approximate surface area is 147 Å². The monoisotopic (exact) mass is 337 g/mol. The molecule has 1 aromatic heterocycles. The van der Waals surface area contributed by atoms with Crippen molar-refractivity contribution in [2.24, 2.45) is 5.92 Å². The van der Waals surface area contributed by atoms with E-state index in [2.05, 4.69) is 16.0 Å². The Morgan fingerprint density at radius 2 is 1.96 bits per heavy atom. The summed E-state index contributed by atoms with van der Waals surface area (Å²) < 4.78 is 5.91. The van der Waals surface area contributed by atoms with E-state index < -0.39 is 0 Å². The summed E-state index contributed by atoms with van der Waals surface area (Å²) in [7, 11) is 0. The van der Waals surface area contributed by atoms with Gasteiger partial charge in [0.15, 0.2) is 0 Å². The highest BCUT2D eigenvalue weighted by molar-refractivity contribution is 5.73. The van der Waals surface area contributed by atoms with E-state index in [1.165, 1.54) is 32.1 Å². The summed E-state index contributed by atoms with van der Waals surface area (Å²) in [6.07, 6.45) is 6.52. The first-order chi connectivity index (χ1) is 12.2. The summed E-state index contributed by atoms with van der Waals surface area (Å²) >= 11 is 0. The van der Waals surface area contributed by atoms with Crippen LogP contribution in [0, 0.1) is 17.2 Å². The molecular weight excluding hydrogens is 314 g/mol. The molecular formula is C19H23N5O. The molecule has 2 aromatic rings. The number of nitrogens with zero attached hydrogens (tertiary/aromatic N) is 3. The Bertz CT molecular complexity index is 778. The van der Waals surface area contributed by atoms with Crippen LogP contribution in [0.25, 0.3) is 11.3 Å². The molecule has 0 saturated heterocycles. The Morgan fingerprint density at radius 1 is 1.16 bits per heavy atom. The lowest BCUT2D eigenvalue weighted by molar-refractivity contribution is 0.0739. The molecule has 1 heterocycles. The van der Waals surface area contributed by atoms with Crippen LogP contribution in [0.3, 0.4) is 0 Å². The number of nitrogen functional groups attached to an aromatic ring is 2. The second-order valence-electron chi connectivity index (χ2n) is 6.52. The van der Waals surface area contributed by atoms with Crippen molar-refractivity contribution in [3.63, 3.8) is 0 Å². The van der Waals surface area contributed by atoms with Crippen molar-refractivity contribution in [3.8, 4) is 17.3 Å². The van der Waals surface area contributed by atoms with Crippen LogP contribution in [-0.2, 0) is 11.3 Å². The smallest absolute Gasteiger partial charge is 0.222 e. The van der Waals surface area contributed by atoms with Crippen LogP contribution in [0.15, 0.2) is 24.3 Å². The van der Waals surface area contributed by atoms with E-state index in [0.717, 1.165) is 17.7 Å². The second kappa shape index (κ2) is 7.95. The van der Waals surface area contributed by atoms with Gasteiger partial charge in [0.05, 0.1) is 12.3 Å². The maximum Gasteiger partial charge on any atom is 0.222 e. The van der Waals surface area contributed by atoms with Gasteiger partial charge in [0.2, 0.25) is 5.95 Å². The molecule has 1 fully saturated rings. The van der Waals surface area contributed by atoms with E-state index >= 15 is 0 Å². The third-order valence-corrected chi connectivity index (χ3v) is 4.61. The predicted molar refractivity (Wildman–Crippen MR) is 97.2 cm³/mol. The highest BCUT2D eigenvalue weighted by Crippen LogP contribution is 2.27. The maximum absolute atomic E-state index is 9.33. The van der Waals surface area contributed by atoms with Gasteiger partial charge in [0.1, 0.15) is 17.5 Å². The summed E-state index contributed by atoms with van der Waals surface area (Å²) in [4.78, 5) is 8.04. The molecule has 1 saturated carbocycles. The van der Waals surface area contributed by atoms with Crippen molar-refractivity contribution in [1.82, 2.24) is 9.97 Å². The molecule has 1 aliphatic rings. The third kappa shape index (κ3) is 4.25. The van der Waals surface area contributed by atoms with Gasteiger partial charge in [-0.3, -0.25) is 0 Å². The lowest BCUT2D eigenvalue weighted by atomic mass is 9.90. The highest BCUT2D eigenvalue weighted by atomic mass is 16.5. The van der Waals surface area contributed by atoms with E-state index in [4.69, 9.17) is 16.2 Å². The molecule has 0 unspecified atom stereocenters. The van der Waals surface area contributed by atoms with E-state index in [1.54, 1.807) is 0 Å². The number of anilines is 2. The molecule has 6 nitrogen and oxygen atoms in total. The van der Waals surface area contributed by atoms with Crippen molar-refractivity contribution < 1.29 is 4.74 Å². The number of ether oxygens (including phenoxy) is 1. The molecule has 3 rings (SSSR count). The fourth-order valence-corrected chi connectivity index (χ4v) is 3.32. The van der Waals surface area contributed by atoms with Crippen molar-refractivity contribution >= 4 is 11.8 Å². The SMILES string of the molecule is N#Cc1c(N)nc(N)nc1-c1cccc(COCC2CCCCC2)c1. The van der Waals surface area contributed by atoms with Crippen molar-refractivity contribution in [2.45, 2.75) is 38.7 Å². The van der Waals surface area contributed by atoms with Crippen LogP contribution in [0.4, 0.5) is 11.8 Å². The van der Waals surface area contributed by atoms with Gasteiger partial charge in [-0.1, -0.05) is 37.5 Å². The van der Waals surface area contributed by atoms with Crippen LogP contribution in [0.2, 0.25) is 0 Å². The lowest BCUT2D eigenvalue weighted by Gasteiger charge is -2.21. The molecule has 25 heavy (non-hydrogen) atoms. The number of hydrogen-bond acceptors (Lipinski definition) is 6. The molecule has 0 aliphatic heterocycles. The molecule has 6 heteroatoms. The summed E-state index contributed by atoms with van der Waals surface area (Å²) in [5, 5.41) is 9.33. The Kier molecular flexibility index (Phi) is 5.46. The van der Waals surface area contributed by atoms with Crippen molar-refractivity contribution in [1.29, 1.82) is 5.26 Å². The predicted octanol–water partition coefficient (Wildman–Crippen LogP) is 3.28. The van der Waals surface area contributed by atoms with Crippen LogP contribution in [0.5, 0.6) is 0 Å². The first kappa shape index (κ1) is 17.2. The summed E-state index contributed by atoms with van der Waals surface area (Å²) in [5.74, 6) is 0.845. The molecule has 4 N–H and O–H groups in total. The normalized spacial score (nSPS) is 15.0. The van der Waals surface area contributed by atoms with Gasteiger partial charge >= 0.3 is 0 Å². The number of hydrogen-bond donors (Lipinski definition) is 2. The van der Waals surface area contributed by atoms with Crippen molar-refractivity contribution in [3.05, 3.63) is 35.4 Å². The summed E-state index contributed by atoms with van der Waals surface area (Å²) in [6, 6.07) is 9.83. The van der Waals surface area contributed by atoms with E-state index in [0.29, 0.717) is 18.2 Å². The van der Waals surface area contributed by atoms with E-state index in [9.17, 15) is 5.26 Å². The fraction of sp³-hybridized carbons (Fsp3) is 0.421. The molecule has 1 aromatic carbocycles. The topological polar surface area (TPSA) is 111 Å². The number of nitrogens with two attached hydrogens (primary N) is 2. The largest absolute Gasteiger partial charge is 0.382 e. The molecule has 0 bridgehead atoms. The Morgan fingerprint density at radius 3 is 2.72 bits per heavy atom. The third-order valence-electron chi connectivity index (χ3n) is 4.61. The summed E-state index contributed by atoms with van der Waals surface area (Å²) in [5.41, 5.74) is 14.0. The Balaban J connectivity index is 1.72. The van der Waals surface area contributed by atoms with Gasteiger partial charge in [-0.25, -0.2) is 4.98 Å². The van der Waals surface area contributed by atoms with Crippen molar-refractivity contribution in [2.75, 3.05) is 18.1 Å². The van der Waals surface area contributed by atoms with Crippen LogP contribution < -0.4 is 11.5 Å². The molecule has 130 valence electrons. The lowest BCUT2D eigenvalue weighted by Crippen LogP contribution is -2.13. The van der Waals surface area contributed by atoms with Gasteiger partial charge in [0.25, 0.3) is 0 Å². The summed E-state index contributed by atoms with van der Waals surface area (Å²) in [6.45, 7) is 1.35. The molecule has 0 atom stereocenters. The average Bonchev–Trinajstić information content (AvgIpc) is 2.62. The van der Waals surface area contributed by atoms with E-state index in [-0.39, 0.29) is 17.3 Å².